The molecule has 0 aliphatic heterocycles. The molecule has 1 atom stereocenters. The molecule has 0 aromatic carbocycles. The first kappa shape index (κ1) is 10.3. The van der Waals surface area contributed by atoms with Crippen LogP contribution in [0.15, 0.2) is 0 Å². The molecule has 0 saturated heterocycles. The summed E-state index contributed by atoms with van der Waals surface area (Å²) in [6, 6.07) is 0. The molecule has 0 fully saturated rings. The minimum atomic E-state index is -0.927. The fraction of sp³-hybridized carbons (Fsp3) is 0.875. The van der Waals surface area contributed by atoms with E-state index < -0.39 is 6.09 Å². The lowest BCUT2D eigenvalue weighted by Gasteiger charge is -2.17. The summed E-state index contributed by atoms with van der Waals surface area (Å²) in [6.07, 6.45) is 0.0990. The quantitative estimate of drug-likeness (QED) is 0.658. The van der Waals surface area contributed by atoms with E-state index in [4.69, 9.17) is 5.11 Å². The van der Waals surface area contributed by atoms with E-state index >= 15 is 0 Å². The second-order valence-corrected chi connectivity index (χ2v) is 3.10. The molecule has 0 rings (SSSR count). The first-order chi connectivity index (χ1) is 5.07. The van der Waals surface area contributed by atoms with Crippen LogP contribution in [0.5, 0.6) is 0 Å². The van der Waals surface area contributed by atoms with Gasteiger partial charge in [-0.3, -0.25) is 0 Å². The Morgan fingerprint density at radius 3 is 2.36 bits per heavy atom. The van der Waals surface area contributed by atoms with Crippen molar-refractivity contribution in [1.82, 2.24) is 5.32 Å². The zero-order valence-electron chi connectivity index (χ0n) is 7.42. The Kier molecular flexibility index (Phi) is 4.66. The molecule has 0 aromatic heterocycles. The molecule has 0 radical (unpaired) electrons. The molecular formula is C8H17NO2. The summed E-state index contributed by atoms with van der Waals surface area (Å²) in [5, 5.41) is 10.7. The topological polar surface area (TPSA) is 49.3 Å². The van der Waals surface area contributed by atoms with E-state index in [-0.39, 0.29) is 0 Å². The molecule has 66 valence electrons. The van der Waals surface area contributed by atoms with Crippen molar-refractivity contribution >= 4 is 6.09 Å². The zero-order chi connectivity index (χ0) is 8.85. The minimum Gasteiger partial charge on any atom is -0.465 e. The summed E-state index contributed by atoms with van der Waals surface area (Å²) in [4.78, 5) is 10.1. The summed E-state index contributed by atoms with van der Waals surface area (Å²) >= 11 is 0. The largest absolute Gasteiger partial charge is 0.465 e. The van der Waals surface area contributed by atoms with Crippen molar-refractivity contribution in [2.45, 2.75) is 27.2 Å². The Hall–Kier alpha value is -0.730. The van der Waals surface area contributed by atoms with Crippen molar-refractivity contribution in [2.24, 2.45) is 11.8 Å². The number of amides is 1. The van der Waals surface area contributed by atoms with Gasteiger partial charge in [0.1, 0.15) is 0 Å². The molecule has 0 aliphatic carbocycles. The highest BCUT2D eigenvalue weighted by molar-refractivity contribution is 5.64. The average Bonchev–Trinajstić information content (AvgIpc) is 1.87. The van der Waals surface area contributed by atoms with Gasteiger partial charge in [0.2, 0.25) is 0 Å². The maximum atomic E-state index is 10.1. The summed E-state index contributed by atoms with van der Waals surface area (Å²) in [6.45, 7) is 6.87. The van der Waals surface area contributed by atoms with Crippen LogP contribution in [0.4, 0.5) is 4.79 Å². The van der Waals surface area contributed by atoms with E-state index in [2.05, 4.69) is 26.1 Å². The maximum Gasteiger partial charge on any atom is 0.404 e. The van der Waals surface area contributed by atoms with Crippen molar-refractivity contribution < 1.29 is 9.90 Å². The van der Waals surface area contributed by atoms with Crippen LogP contribution in [0.1, 0.15) is 27.2 Å². The standard InChI is InChI=1S/C8H17NO2/c1-4-7(6(2)3)5-9-8(10)11/h6-7,9H,4-5H2,1-3H3,(H,10,11). The minimum absolute atomic E-state index is 0.464. The molecule has 0 bridgehead atoms. The van der Waals surface area contributed by atoms with E-state index in [0.717, 1.165) is 6.42 Å². The Balaban J connectivity index is 3.61. The average molecular weight is 159 g/mol. The van der Waals surface area contributed by atoms with Gasteiger partial charge in [-0.2, -0.15) is 0 Å². The number of rotatable bonds is 4. The third kappa shape index (κ3) is 4.65. The fourth-order valence-corrected chi connectivity index (χ4v) is 1.07. The SMILES string of the molecule is CCC(CNC(=O)O)C(C)C. The van der Waals surface area contributed by atoms with Gasteiger partial charge in [-0.15, -0.1) is 0 Å². The molecule has 0 heterocycles. The fourth-order valence-electron chi connectivity index (χ4n) is 1.07. The first-order valence-corrected chi connectivity index (χ1v) is 4.04. The molecule has 0 aliphatic rings. The van der Waals surface area contributed by atoms with Gasteiger partial charge in [-0.1, -0.05) is 27.2 Å². The lowest BCUT2D eigenvalue weighted by atomic mass is 9.93. The van der Waals surface area contributed by atoms with Crippen LogP contribution in [0.2, 0.25) is 0 Å². The molecule has 0 saturated carbocycles. The third-order valence-corrected chi connectivity index (χ3v) is 1.98. The summed E-state index contributed by atoms with van der Waals surface area (Å²) in [5.41, 5.74) is 0. The van der Waals surface area contributed by atoms with Gasteiger partial charge in [-0.25, -0.2) is 4.79 Å². The number of nitrogens with one attached hydrogen (secondary N) is 1. The maximum absolute atomic E-state index is 10.1. The molecule has 1 amide bonds. The smallest absolute Gasteiger partial charge is 0.404 e. The van der Waals surface area contributed by atoms with Gasteiger partial charge in [0.05, 0.1) is 0 Å². The molecule has 3 nitrogen and oxygen atoms in total. The van der Waals surface area contributed by atoms with Gasteiger partial charge in [-0.05, 0) is 11.8 Å². The molecular weight excluding hydrogens is 142 g/mol. The molecule has 3 heteroatoms. The Labute approximate surface area is 67.8 Å². The zero-order valence-corrected chi connectivity index (χ0v) is 7.42. The van der Waals surface area contributed by atoms with E-state index in [1.807, 2.05) is 0 Å². The van der Waals surface area contributed by atoms with Crippen LogP contribution < -0.4 is 5.32 Å². The second-order valence-electron chi connectivity index (χ2n) is 3.10. The summed E-state index contributed by atoms with van der Waals surface area (Å²) < 4.78 is 0. The van der Waals surface area contributed by atoms with E-state index in [9.17, 15) is 4.79 Å². The first-order valence-electron chi connectivity index (χ1n) is 4.04. The third-order valence-electron chi connectivity index (χ3n) is 1.98. The lowest BCUT2D eigenvalue weighted by Crippen LogP contribution is -2.29. The Morgan fingerprint density at radius 1 is 1.55 bits per heavy atom. The van der Waals surface area contributed by atoms with Gasteiger partial charge < -0.3 is 10.4 Å². The van der Waals surface area contributed by atoms with Crippen LogP contribution in [0.3, 0.4) is 0 Å². The van der Waals surface area contributed by atoms with E-state index in [0.29, 0.717) is 18.4 Å². The van der Waals surface area contributed by atoms with Crippen LogP contribution in [0.25, 0.3) is 0 Å². The highest BCUT2D eigenvalue weighted by Crippen LogP contribution is 2.12. The predicted molar refractivity (Wildman–Crippen MR) is 44.6 cm³/mol. The lowest BCUT2D eigenvalue weighted by molar-refractivity contribution is 0.190. The number of hydrogen-bond acceptors (Lipinski definition) is 1. The van der Waals surface area contributed by atoms with Crippen LogP contribution >= 0.6 is 0 Å². The van der Waals surface area contributed by atoms with Gasteiger partial charge >= 0.3 is 6.09 Å². The van der Waals surface area contributed by atoms with E-state index in [1.54, 1.807) is 0 Å². The number of carbonyl (C=O) groups is 1. The van der Waals surface area contributed by atoms with Crippen molar-refractivity contribution in [2.75, 3.05) is 6.54 Å². The van der Waals surface area contributed by atoms with Gasteiger partial charge in [0, 0.05) is 6.54 Å². The predicted octanol–water partition coefficient (Wildman–Crippen LogP) is 1.94. The van der Waals surface area contributed by atoms with Crippen molar-refractivity contribution in [3.05, 3.63) is 0 Å². The number of hydrogen-bond donors (Lipinski definition) is 2. The molecule has 0 aromatic rings. The highest BCUT2D eigenvalue weighted by Gasteiger charge is 2.11. The highest BCUT2D eigenvalue weighted by atomic mass is 16.4. The van der Waals surface area contributed by atoms with Gasteiger partial charge in [0.25, 0.3) is 0 Å². The van der Waals surface area contributed by atoms with E-state index in [1.165, 1.54) is 0 Å². The molecule has 1 unspecified atom stereocenters. The Morgan fingerprint density at radius 2 is 2.09 bits per heavy atom. The van der Waals surface area contributed by atoms with Gasteiger partial charge in [0.15, 0.2) is 0 Å². The van der Waals surface area contributed by atoms with Crippen molar-refractivity contribution in [3.8, 4) is 0 Å². The summed E-state index contributed by atoms with van der Waals surface area (Å²) in [5.74, 6) is 1.01. The van der Waals surface area contributed by atoms with Crippen LogP contribution in [-0.4, -0.2) is 17.7 Å². The van der Waals surface area contributed by atoms with Crippen LogP contribution in [0, 0.1) is 11.8 Å². The molecule has 2 N–H and O–H groups in total. The summed E-state index contributed by atoms with van der Waals surface area (Å²) in [7, 11) is 0. The number of carboxylic acid groups (broad SMARTS) is 1. The molecule has 11 heavy (non-hydrogen) atoms. The Bertz CT molecular complexity index is 123. The van der Waals surface area contributed by atoms with Crippen molar-refractivity contribution in [3.63, 3.8) is 0 Å². The monoisotopic (exact) mass is 159 g/mol. The molecule has 0 spiro atoms. The normalized spacial score (nSPS) is 13.1. The van der Waals surface area contributed by atoms with Crippen LogP contribution in [-0.2, 0) is 0 Å². The van der Waals surface area contributed by atoms with Crippen molar-refractivity contribution in [1.29, 1.82) is 0 Å². The second kappa shape index (κ2) is 4.99.